The Morgan fingerprint density at radius 2 is 1.71 bits per heavy atom. The third kappa shape index (κ3) is 3.08. The summed E-state index contributed by atoms with van der Waals surface area (Å²) in [5.74, 6) is 4.50. The predicted molar refractivity (Wildman–Crippen MR) is 79.6 cm³/mol. The maximum Gasteiger partial charge on any atom is 0.336 e. The monoisotopic (exact) mass is 280 g/mol. The number of rotatable bonds is 5. The fourth-order valence-corrected chi connectivity index (χ4v) is 1.94. The highest BCUT2D eigenvalue weighted by Gasteiger charge is 2.13. The topological polar surface area (TPSA) is 55.8 Å². The second-order valence-corrected chi connectivity index (χ2v) is 4.12. The molecule has 0 heterocycles. The Morgan fingerprint density at radius 3 is 2.29 bits per heavy atom. The van der Waals surface area contributed by atoms with Crippen molar-refractivity contribution in [1.29, 1.82) is 0 Å². The third-order valence-electron chi connectivity index (χ3n) is 2.80. The number of terminal acetylenes is 2. The van der Waals surface area contributed by atoms with Crippen molar-refractivity contribution >= 4 is 16.7 Å². The molecule has 2 aromatic carbocycles. The summed E-state index contributed by atoms with van der Waals surface area (Å²) in [6.07, 6.45) is 10.4. The average Bonchev–Trinajstić information content (AvgIpc) is 2.49. The molecule has 0 atom stereocenters. The Morgan fingerprint density at radius 1 is 1.10 bits per heavy atom. The molecule has 0 amide bonds. The van der Waals surface area contributed by atoms with Gasteiger partial charge < -0.3 is 14.6 Å². The van der Waals surface area contributed by atoms with Crippen LogP contribution in [0.2, 0.25) is 0 Å². The molecule has 2 rings (SSSR count). The third-order valence-corrected chi connectivity index (χ3v) is 2.80. The molecule has 0 unspecified atom stereocenters. The number of benzene rings is 2. The van der Waals surface area contributed by atoms with E-state index in [2.05, 4.69) is 11.8 Å². The van der Waals surface area contributed by atoms with Crippen molar-refractivity contribution in [1.82, 2.24) is 0 Å². The van der Waals surface area contributed by atoms with Gasteiger partial charge in [0.25, 0.3) is 0 Å². The van der Waals surface area contributed by atoms with Gasteiger partial charge in [0, 0.05) is 5.39 Å². The highest BCUT2D eigenvalue weighted by Crippen LogP contribution is 2.34. The molecule has 0 radical (unpaired) electrons. The van der Waals surface area contributed by atoms with Crippen molar-refractivity contribution in [3.8, 4) is 36.2 Å². The molecule has 0 spiro atoms. The van der Waals surface area contributed by atoms with E-state index in [0.717, 1.165) is 5.39 Å². The van der Waals surface area contributed by atoms with Gasteiger partial charge in [0.15, 0.2) is 11.5 Å². The maximum absolute atomic E-state index is 11.3. The fraction of sp³-hybridized carbons (Fsp3) is 0.118. The summed E-state index contributed by atoms with van der Waals surface area (Å²) in [6, 6.07) is 8.26. The fourth-order valence-electron chi connectivity index (χ4n) is 1.94. The molecule has 0 saturated carbocycles. The predicted octanol–water partition coefficient (Wildman–Crippen LogP) is 2.56. The first-order chi connectivity index (χ1) is 10.2. The summed E-state index contributed by atoms with van der Waals surface area (Å²) in [6.45, 7) is 0.129. The Bertz CT molecular complexity index is 763. The molecule has 0 fully saturated rings. The summed E-state index contributed by atoms with van der Waals surface area (Å²) in [4.78, 5) is 11.3. The second-order valence-electron chi connectivity index (χ2n) is 4.12. The standard InChI is InChI=1S/C17H12O4/c1-3-8-20-15-10-12-6-5-7-13(17(18)19)14(12)11-16(15)21-9-4-2/h1-2,5-7,10-11H,8-9H2,(H,18,19). The number of carbonyl (C=O) groups is 1. The molecular formula is C17H12O4. The largest absolute Gasteiger partial charge is 0.478 e. The molecular weight excluding hydrogens is 268 g/mol. The number of fused-ring (bicyclic) bond motifs is 1. The average molecular weight is 280 g/mol. The lowest BCUT2D eigenvalue weighted by molar-refractivity contribution is 0.0699. The van der Waals surface area contributed by atoms with E-state index in [-0.39, 0.29) is 18.8 Å². The van der Waals surface area contributed by atoms with Crippen LogP contribution in [0.1, 0.15) is 10.4 Å². The lowest BCUT2D eigenvalue weighted by Gasteiger charge is -2.12. The molecule has 0 aliphatic rings. The molecule has 2 aromatic rings. The smallest absolute Gasteiger partial charge is 0.336 e. The number of carboxylic acid groups (broad SMARTS) is 1. The minimum atomic E-state index is -1.01. The van der Waals surface area contributed by atoms with E-state index in [4.69, 9.17) is 22.3 Å². The van der Waals surface area contributed by atoms with Gasteiger partial charge in [-0.05, 0) is 23.6 Å². The zero-order valence-electron chi connectivity index (χ0n) is 11.1. The van der Waals surface area contributed by atoms with Gasteiger partial charge in [-0.1, -0.05) is 24.0 Å². The molecule has 4 heteroatoms. The van der Waals surface area contributed by atoms with E-state index in [1.54, 1.807) is 24.3 Å². The van der Waals surface area contributed by atoms with Crippen molar-refractivity contribution < 1.29 is 19.4 Å². The minimum absolute atomic E-state index is 0.0488. The Labute approximate surface area is 122 Å². The van der Waals surface area contributed by atoms with Crippen molar-refractivity contribution in [2.24, 2.45) is 0 Å². The molecule has 0 aliphatic heterocycles. The summed E-state index contributed by atoms with van der Waals surface area (Å²) >= 11 is 0. The van der Waals surface area contributed by atoms with Gasteiger partial charge in [0.05, 0.1) is 5.56 Å². The Balaban J connectivity index is 2.59. The van der Waals surface area contributed by atoms with E-state index in [1.165, 1.54) is 6.07 Å². The van der Waals surface area contributed by atoms with Crippen molar-refractivity contribution in [3.05, 3.63) is 35.9 Å². The van der Waals surface area contributed by atoms with E-state index >= 15 is 0 Å². The van der Waals surface area contributed by atoms with Crippen molar-refractivity contribution in [3.63, 3.8) is 0 Å². The first-order valence-electron chi connectivity index (χ1n) is 6.10. The number of aromatic carboxylic acids is 1. The Hall–Kier alpha value is -3.11. The van der Waals surface area contributed by atoms with Crippen LogP contribution in [0.15, 0.2) is 30.3 Å². The normalized spacial score (nSPS) is 9.62. The van der Waals surface area contributed by atoms with E-state index in [1.807, 2.05) is 0 Å². The summed E-state index contributed by atoms with van der Waals surface area (Å²) in [5, 5.41) is 10.5. The summed E-state index contributed by atoms with van der Waals surface area (Å²) in [5.41, 5.74) is 0.182. The Kier molecular flexibility index (Phi) is 4.33. The van der Waals surface area contributed by atoms with Crippen LogP contribution >= 0.6 is 0 Å². The molecule has 0 saturated heterocycles. The molecule has 0 aromatic heterocycles. The number of ether oxygens (including phenoxy) is 2. The molecule has 104 valence electrons. The number of hydrogen-bond acceptors (Lipinski definition) is 3. The molecule has 0 aliphatic carbocycles. The van der Waals surface area contributed by atoms with Gasteiger partial charge in [-0.15, -0.1) is 12.8 Å². The van der Waals surface area contributed by atoms with Crippen LogP contribution in [0.4, 0.5) is 0 Å². The van der Waals surface area contributed by atoms with E-state index < -0.39 is 5.97 Å². The van der Waals surface area contributed by atoms with Gasteiger partial charge in [0.1, 0.15) is 13.2 Å². The zero-order valence-corrected chi connectivity index (χ0v) is 11.1. The van der Waals surface area contributed by atoms with Gasteiger partial charge in [0.2, 0.25) is 0 Å². The lowest BCUT2D eigenvalue weighted by atomic mass is 10.0. The lowest BCUT2D eigenvalue weighted by Crippen LogP contribution is -2.02. The van der Waals surface area contributed by atoms with Crippen LogP contribution in [0, 0.1) is 24.7 Å². The molecule has 4 nitrogen and oxygen atoms in total. The maximum atomic E-state index is 11.3. The second kappa shape index (κ2) is 6.36. The first-order valence-corrected chi connectivity index (χ1v) is 6.10. The van der Waals surface area contributed by atoms with Crippen molar-refractivity contribution in [2.75, 3.05) is 13.2 Å². The summed E-state index contributed by atoms with van der Waals surface area (Å²) in [7, 11) is 0. The number of carboxylic acids is 1. The SMILES string of the molecule is C#CCOc1cc2cccc(C(=O)O)c2cc1OCC#C. The number of hydrogen-bond donors (Lipinski definition) is 1. The molecule has 1 N–H and O–H groups in total. The zero-order chi connectivity index (χ0) is 15.2. The van der Waals surface area contributed by atoms with Crippen LogP contribution in [0.3, 0.4) is 0 Å². The van der Waals surface area contributed by atoms with Crippen molar-refractivity contribution in [2.45, 2.75) is 0 Å². The molecule has 21 heavy (non-hydrogen) atoms. The quantitative estimate of drug-likeness (QED) is 0.855. The molecule has 0 bridgehead atoms. The highest BCUT2D eigenvalue weighted by atomic mass is 16.5. The van der Waals surface area contributed by atoms with Crippen LogP contribution in [0.25, 0.3) is 10.8 Å². The van der Waals surface area contributed by atoms with Gasteiger partial charge >= 0.3 is 5.97 Å². The van der Waals surface area contributed by atoms with Gasteiger partial charge in [-0.2, -0.15) is 0 Å². The van der Waals surface area contributed by atoms with Crippen LogP contribution in [-0.4, -0.2) is 24.3 Å². The van der Waals surface area contributed by atoms with E-state index in [0.29, 0.717) is 16.9 Å². The van der Waals surface area contributed by atoms with Gasteiger partial charge in [-0.3, -0.25) is 0 Å². The van der Waals surface area contributed by atoms with Gasteiger partial charge in [-0.25, -0.2) is 4.79 Å². The highest BCUT2D eigenvalue weighted by molar-refractivity contribution is 6.04. The van der Waals surface area contributed by atoms with E-state index in [9.17, 15) is 9.90 Å². The summed E-state index contributed by atoms with van der Waals surface area (Å²) < 4.78 is 10.8. The van der Waals surface area contributed by atoms with Crippen LogP contribution < -0.4 is 9.47 Å². The van der Waals surface area contributed by atoms with Crippen LogP contribution in [0.5, 0.6) is 11.5 Å². The first kappa shape index (κ1) is 14.3. The minimum Gasteiger partial charge on any atom is -0.478 e. The van der Waals surface area contributed by atoms with Crippen LogP contribution in [-0.2, 0) is 0 Å².